The van der Waals surface area contributed by atoms with Gasteiger partial charge in [-0.15, -0.1) is 0 Å². The Morgan fingerprint density at radius 3 is 2.25 bits per heavy atom. The van der Waals surface area contributed by atoms with Crippen molar-refractivity contribution in [2.24, 2.45) is 0 Å². The average Bonchev–Trinajstić information content (AvgIpc) is 3.13. The van der Waals surface area contributed by atoms with Gasteiger partial charge in [0.25, 0.3) is 11.8 Å². The molecule has 0 saturated carbocycles. The molecule has 3 aromatic rings. The van der Waals surface area contributed by atoms with Gasteiger partial charge in [0.05, 0.1) is 21.8 Å². The molecular formula is C19H13ClN4O4. The second kappa shape index (κ2) is 6.58. The lowest BCUT2D eigenvalue weighted by atomic mass is 10.1. The summed E-state index contributed by atoms with van der Waals surface area (Å²) in [5.41, 5.74) is 1.69. The van der Waals surface area contributed by atoms with Crippen molar-refractivity contribution in [1.82, 2.24) is 19.8 Å². The molecule has 0 saturated heterocycles. The Morgan fingerprint density at radius 2 is 1.68 bits per heavy atom. The molecule has 0 N–H and O–H groups in total. The molecule has 0 aliphatic carbocycles. The zero-order chi connectivity index (χ0) is 20.0. The fraction of sp³-hybridized carbons (Fsp3) is 0.105. The lowest BCUT2D eigenvalue weighted by Crippen LogP contribution is -2.33. The first-order chi connectivity index (χ1) is 13.4. The number of fused-ring (bicyclic) bond motifs is 1. The van der Waals surface area contributed by atoms with Crippen LogP contribution in [0.5, 0.6) is 0 Å². The van der Waals surface area contributed by atoms with Gasteiger partial charge >= 0.3 is 5.97 Å². The van der Waals surface area contributed by atoms with Gasteiger partial charge in [0.1, 0.15) is 0 Å². The van der Waals surface area contributed by atoms with Crippen molar-refractivity contribution in [3.63, 3.8) is 0 Å². The smallest absolute Gasteiger partial charge is 0.322 e. The van der Waals surface area contributed by atoms with Crippen molar-refractivity contribution < 1.29 is 19.2 Å². The molecule has 140 valence electrons. The zero-order valence-corrected chi connectivity index (χ0v) is 15.6. The quantitative estimate of drug-likeness (QED) is 0.632. The van der Waals surface area contributed by atoms with E-state index in [1.54, 1.807) is 22.9 Å². The molecule has 3 heterocycles. The molecule has 1 aliphatic heterocycles. The molecular weight excluding hydrogens is 384 g/mol. The summed E-state index contributed by atoms with van der Waals surface area (Å²) >= 11 is 6.09. The summed E-state index contributed by atoms with van der Waals surface area (Å²) in [6.07, 6.45) is 0. The van der Waals surface area contributed by atoms with Crippen LogP contribution in [0.2, 0.25) is 5.02 Å². The lowest BCUT2D eigenvalue weighted by molar-refractivity contribution is -0.0588. The van der Waals surface area contributed by atoms with Gasteiger partial charge < -0.3 is 4.84 Å². The second-order valence-electron chi connectivity index (χ2n) is 6.17. The molecule has 9 heteroatoms. The van der Waals surface area contributed by atoms with Crippen LogP contribution in [0.15, 0.2) is 42.5 Å². The number of pyridine rings is 1. The first-order valence-corrected chi connectivity index (χ1v) is 8.65. The molecule has 1 aliphatic rings. The van der Waals surface area contributed by atoms with Crippen LogP contribution in [-0.2, 0) is 4.84 Å². The predicted molar refractivity (Wildman–Crippen MR) is 98.2 cm³/mol. The Balaban J connectivity index is 1.64. The van der Waals surface area contributed by atoms with Crippen LogP contribution in [0.4, 0.5) is 0 Å². The molecule has 0 spiro atoms. The summed E-state index contributed by atoms with van der Waals surface area (Å²) in [4.78, 5) is 46.5. The second-order valence-corrected chi connectivity index (χ2v) is 6.57. The molecule has 0 atom stereocenters. The number of benzene rings is 1. The molecule has 2 aromatic heterocycles. The SMILES string of the molecule is Cc1cc(C)n(-c2ccc(Cl)c(C(=O)ON3C(=O)c4ccccc4C3=O)n2)n1. The van der Waals surface area contributed by atoms with E-state index >= 15 is 0 Å². The molecule has 0 unspecified atom stereocenters. The van der Waals surface area contributed by atoms with Crippen molar-refractivity contribution in [3.8, 4) is 5.82 Å². The van der Waals surface area contributed by atoms with Crippen LogP contribution >= 0.6 is 11.6 Å². The van der Waals surface area contributed by atoms with Gasteiger partial charge in [-0.3, -0.25) is 9.59 Å². The van der Waals surface area contributed by atoms with E-state index < -0.39 is 17.8 Å². The van der Waals surface area contributed by atoms with Gasteiger partial charge in [0.15, 0.2) is 11.5 Å². The van der Waals surface area contributed by atoms with Crippen LogP contribution in [0.3, 0.4) is 0 Å². The molecule has 0 bridgehead atoms. The molecule has 0 fully saturated rings. The standard InChI is InChI=1S/C19H13ClN4O4/c1-10-9-11(2)23(22-10)15-8-7-14(20)16(21-15)19(27)28-24-17(25)12-5-3-4-6-13(12)18(24)26/h3-9H,1-2H3. The summed E-state index contributed by atoms with van der Waals surface area (Å²) in [5, 5.41) is 4.74. The largest absolute Gasteiger partial charge is 0.383 e. The van der Waals surface area contributed by atoms with Gasteiger partial charge in [-0.2, -0.15) is 5.10 Å². The fourth-order valence-electron chi connectivity index (χ4n) is 2.93. The van der Waals surface area contributed by atoms with Crippen LogP contribution < -0.4 is 0 Å². The highest BCUT2D eigenvalue weighted by Crippen LogP contribution is 2.25. The van der Waals surface area contributed by atoms with E-state index in [2.05, 4.69) is 10.1 Å². The highest BCUT2D eigenvalue weighted by atomic mass is 35.5. The number of carbonyl (C=O) groups is 3. The lowest BCUT2D eigenvalue weighted by Gasteiger charge is -2.13. The topological polar surface area (TPSA) is 94.4 Å². The normalized spacial score (nSPS) is 13.0. The highest BCUT2D eigenvalue weighted by Gasteiger charge is 2.39. The van der Waals surface area contributed by atoms with Crippen LogP contribution in [-0.4, -0.2) is 37.6 Å². The molecule has 1 aromatic carbocycles. The van der Waals surface area contributed by atoms with Gasteiger partial charge in [0, 0.05) is 5.69 Å². The first-order valence-electron chi connectivity index (χ1n) is 8.27. The summed E-state index contributed by atoms with van der Waals surface area (Å²) in [7, 11) is 0. The Kier molecular flexibility index (Phi) is 4.20. The highest BCUT2D eigenvalue weighted by molar-refractivity contribution is 6.33. The number of aromatic nitrogens is 3. The third-order valence-corrected chi connectivity index (χ3v) is 4.49. The maximum atomic E-state index is 12.6. The number of hydrogen-bond acceptors (Lipinski definition) is 6. The van der Waals surface area contributed by atoms with Gasteiger partial charge in [0.2, 0.25) is 0 Å². The van der Waals surface area contributed by atoms with Crippen molar-refractivity contribution in [1.29, 1.82) is 0 Å². The minimum absolute atomic E-state index is 0.0203. The van der Waals surface area contributed by atoms with E-state index in [0.29, 0.717) is 10.9 Å². The average molecular weight is 397 g/mol. The third kappa shape index (κ3) is 2.84. The number of rotatable bonds is 3. The van der Waals surface area contributed by atoms with E-state index in [4.69, 9.17) is 16.4 Å². The number of hydrogen-bond donors (Lipinski definition) is 0. The Hall–Kier alpha value is -3.52. The Morgan fingerprint density at radius 1 is 1.04 bits per heavy atom. The zero-order valence-electron chi connectivity index (χ0n) is 14.8. The van der Waals surface area contributed by atoms with E-state index in [0.717, 1.165) is 11.4 Å². The van der Waals surface area contributed by atoms with E-state index in [1.165, 1.54) is 18.2 Å². The van der Waals surface area contributed by atoms with Gasteiger partial charge in [-0.1, -0.05) is 28.8 Å². The van der Waals surface area contributed by atoms with Crippen molar-refractivity contribution >= 4 is 29.4 Å². The Bertz CT molecular complexity index is 1120. The number of hydroxylamine groups is 2. The summed E-state index contributed by atoms with van der Waals surface area (Å²) in [6.45, 7) is 3.67. The molecule has 28 heavy (non-hydrogen) atoms. The van der Waals surface area contributed by atoms with Gasteiger partial charge in [-0.25, -0.2) is 14.5 Å². The third-order valence-electron chi connectivity index (χ3n) is 4.18. The van der Waals surface area contributed by atoms with Crippen LogP contribution in [0, 0.1) is 13.8 Å². The molecule has 2 amide bonds. The number of amides is 2. The first kappa shape index (κ1) is 17.9. The van der Waals surface area contributed by atoms with E-state index in [9.17, 15) is 14.4 Å². The summed E-state index contributed by atoms with van der Waals surface area (Å²) < 4.78 is 1.55. The minimum atomic E-state index is -1.03. The molecule has 4 rings (SSSR count). The number of halogens is 1. The number of imide groups is 1. The Labute approximate surface area is 164 Å². The molecule has 0 radical (unpaired) electrons. The number of nitrogens with zero attached hydrogens (tertiary/aromatic N) is 4. The maximum absolute atomic E-state index is 12.6. The monoisotopic (exact) mass is 396 g/mol. The maximum Gasteiger partial charge on any atom is 0.383 e. The summed E-state index contributed by atoms with van der Waals surface area (Å²) in [6, 6.07) is 11.1. The van der Waals surface area contributed by atoms with Crippen LogP contribution in [0.1, 0.15) is 42.6 Å². The van der Waals surface area contributed by atoms with Crippen molar-refractivity contribution in [2.45, 2.75) is 13.8 Å². The fourth-order valence-corrected chi connectivity index (χ4v) is 3.11. The van der Waals surface area contributed by atoms with Gasteiger partial charge in [-0.05, 0) is 44.2 Å². The minimum Gasteiger partial charge on any atom is -0.322 e. The van der Waals surface area contributed by atoms with Crippen molar-refractivity contribution in [3.05, 3.63) is 75.7 Å². The van der Waals surface area contributed by atoms with E-state index in [-0.39, 0.29) is 21.8 Å². The van der Waals surface area contributed by atoms with Crippen molar-refractivity contribution in [2.75, 3.05) is 0 Å². The van der Waals surface area contributed by atoms with Crippen LogP contribution in [0.25, 0.3) is 5.82 Å². The molecule has 8 nitrogen and oxygen atoms in total. The summed E-state index contributed by atoms with van der Waals surface area (Å²) in [5.74, 6) is -2.12. The predicted octanol–water partition coefficient (Wildman–Crippen LogP) is 2.91. The number of carbonyl (C=O) groups excluding carboxylic acids is 3. The van der Waals surface area contributed by atoms with E-state index in [1.807, 2.05) is 19.9 Å². The number of aryl methyl sites for hydroxylation is 2.